The van der Waals surface area contributed by atoms with Gasteiger partial charge in [-0.3, -0.25) is 14.5 Å². The Bertz CT molecular complexity index is 749. The monoisotopic (exact) mass is 399 g/mol. The zero-order valence-corrected chi connectivity index (χ0v) is 17.8. The highest BCUT2D eigenvalue weighted by molar-refractivity contribution is 6.09. The van der Waals surface area contributed by atoms with Gasteiger partial charge in [-0.1, -0.05) is 63.8 Å². The molecule has 1 aliphatic heterocycles. The second kappa shape index (κ2) is 8.97. The lowest BCUT2D eigenvalue weighted by atomic mass is 9.90. The molecule has 1 aromatic carbocycles. The van der Waals surface area contributed by atoms with Crippen LogP contribution in [0, 0.1) is 5.92 Å². The van der Waals surface area contributed by atoms with Crippen LogP contribution >= 0.6 is 0 Å². The third-order valence-corrected chi connectivity index (χ3v) is 6.01. The van der Waals surface area contributed by atoms with Gasteiger partial charge in [-0.15, -0.1) is 0 Å². The van der Waals surface area contributed by atoms with Crippen molar-refractivity contribution in [1.29, 1.82) is 0 Å². The first-order valence-corrected chi connectivity index (χ1v) is 10.8. The van der Waals surface area contributed by atoms with Crippen molar-refractivity contribution in [2.75, 3.05) is 6.54 Å². The van der Waals surface area contributed by atoms with E-state index in [9.17, 15) is 14.4 Å². The fourth-order valence-corrected chi connectivity index (χ4v) is 4.42. The number of nitrogens with one attached hydrogen (secondary N) is 2. The topological polar surface area (TPSA) is 78.5 Å². The quantitative estimate of drug-likeness (QED) is 0.716. The van der Waals surface area contributed by atoms with Crippen LogP contribution in [0.3, 0.4) is 0 Å². The van der Waals surface area contributed by atoms with E-state index in [1.165, 1.54) is 5.56 Å². The maximum Gasteiger partial charge on any atom is 0.325 e. The molecule has 3 rings (SSSR count). The summed E-state index contributed by atoms with van der Waals surface area (Å²) in [6.07, 6.45) is 6.36. The molecule has 6 nitrogen and oxygen atoms in total. The zero-order chi connectivity index (χ0) is 21.0. The highest BCUT2D eigenvalue weighted by Crippen LogP contribution is 2.32. The van der Waals surface area contributed by atoms with Crippen molar-refractivity contribution in [1.82, 2.24) is 15.5 Å². The van der Waals surface area contributed by atoms with Crippen molar-refractivity contribution >= 4 is 17.8 Å². The summed E-state index contributed by atoms with van der Waals surface area (Å²) in [5.74, 6) is 0.0297. The van der Waals surface area contributed by atoms with Crippen molar-refractivity contribution in [3.63, 3.8) is 0 Å². The van der Waals surface area contributed by atoms with Gasteiger partial charge in [-0.25, -0.2) is 4.79 Å². The molecular weight excluding hydrogens is 366 g/mol. The summed E-state index contributed by atoms with van der Waals surface area (Å²) in [7, 11) is 0. The third kappa shape index (κ3) is 4.98. The van der Waals surface area contributed by atoms with Crippen LogP contribution in [0.1, 0.15) is 76.5 Å². The molecule has 1 spiro atoms. The summed E-state index contributed by atoms with van der Waals surface area (Å²) in [6.45, 7) is 6.05. The fraction of sp³-hybridized carbons (Fsp3) is 0.609. The van der Waals surface area contributed by atoms with Crippen LogP contribution in [0.5, 0.6) is 0 Å². The van der Waals surface area contributed by atoms with Crippen LogP contribution in [0.4, 0.5) is 4.79 Å². The smallest absolute Gasteiger partial charge is 0.325 e. The van der Waals surface area contributed by atoms with Crippen LogP contribution in [0.15, 0.2) is 24.3 Å². The number of amides is 4. The molecule has 4 amide bonds. The van der Waals surface area contributed by atoms with E-state index < -0.39 is 11.6 Å². The Balaban J connectivity index is 1.58. The lowest BCUT2D eigenvalue weighted by Gasteiger charge is -2.24. The number of urea groups is 1. The highest BCUT2D eigenvalue weighted by Gasteiger charge is 2.51. The van der Waals surface area contributed by atoms with Gasteiger partial charge in [0, 0.05) is 0 Å². The van der Waals surface area contributed by atoms with Crippen LogP contribution in [-0.2, 0) is 16.0 Å². The number of benzene rings is 1. The fourth-order valence-electron chi connectivity index (χ4n) is 4.42. The molecule has 1 saturated heterocycles. The Morgan fingerprint density at radius 2 is 1.69 bits per heavy atom. The largest absolute Gasteiger partial charge is 0.348 e. The standard InChI is InChI=1S/C23H33N3O3/c1-16(2)14-18-8-10-19(11-9-18)17(3)24-20(27)15-26-21(28)23(25-22(26)29)12-6-4-5-7-13-23/h8-11,16-17H,4-7,12-15H2,1-3H3,(H,24,27)(H,25,29)/t17-/m0/s1. The molecule has 1 atom stereocenters. The van der Waals surface area contributed by atoms with E-state index in [1.807, 2.05) is 19.1 Å². The Morgan fingerprint density at radius 1 is 1.07 bits per heavy atom. The first-order chi connectivity index (χ1) is 13.8. The molecule has 1 aliphatic carbocycles. The number of rotatable bonds is 6. The molecule has 29 heavy (non-hydrogen) atoms. The van der Waals surface area contributed by atoms with Crippen molar-refractivity contribution < 1.29 is 14.4 Å². The van der Waals surface area contributed by atoms with Crippen LogP contribution in [0.25, 0.3) is 0 Å². The first kappa shape index (κ1) is 21.3. The number of carbonyl (C=O) groups excluding carboxylic acids is 3. The summed E-state index contributed by atoms with van der Waals surface area (Å²) in [4.78, 5) is 38.9. The Morgan fingerprint density at radius 3 is 2.28 bits per heavy atom. The van der Waals surface area contributed by atoms with Crippen molar-refractivity contribution in [2.24, 2.45) is 5.92 Å². The molecule has 0 unspecified atom stereocenters. The molecule has 2 fully saturated rings. The van der Waals surface area contributed by atoms with Crippen LogP contribution < -0.4 is 10.6 Å². The summed E-state index contributed by atoms with van der Waals surface area (Å²) in [6, 6.07) is 7.59. The van der Waals surface area contributed by atoms with Gasteiger partial charge in [0.05, 0.1) is 6.04 Å². The predicted octanol–water partition coefficient (Wildman–Crippen LogP) is 3.71. The van der Waals surface area contributed by atoms with E-state index in [0.717, 1.165) is 42.6 Å². The Kier molecular flexibility index (Phi) is 6.60. The minimum Gasteiger partial charge on any atom is -0.348 e. The molecule has 158 valence electrons. The molecular formula is C23H33N3O3. The normalized spacial score (nSPS) is 19.9. The number of carbonyl (C=O) groups is 3. The third-order valence-electron chi connectivity index (χ3n) is 6.01. The van der Waals surface area contributed by atoms with E-state index in [2.05, 4.69) is 36.6 Å². The second-order valence-corrected chi connectivity index (χ2v) is 8.95. The number of nitrogens with zero attached hydrogens (tertiary/aromatic N) is 1. The van der Waals surface area contributed by atoms with E-state index in [1.54, 1.807) is 0 Å². The van der Waals surface area contributed by atoms with Gasteiger partial charge in [-0.2, -0.15) is 0 Å². The molecule has 0 bridgehead atoms. The summed E-state index contributed by atoms with van der Waals surface area (Å²) in [5.41, 5.74) is 1.48. The lowest BCUT2D eigenvalue weighted by molar-refractivity contribution is -0.135. The van der Waals surface area contributed by atoms with Gasteiger partial charge >= 0.3 is 6.03 Å². The van der Waals surface area contributed by atoms with Crippen LogP contribution in [-0.4, -0.2) is 34.8 Å². The van der Waals surface area contributed by atoms with Crippen molar-refractivity contribution in [2.45, 2.75) is 77.3 Å². The molecule has 1 aromatic rings. The SMILES string of the molecule is CC(C)Cc1ccc([C@H](C)NC(=O)CN2C(=O)NC3(CCCCCC3)C2=O)cc1. The molecule has 2 aliphatic rings. The predicted molar refractivity (Wildman–Crippen MR) is 112 cm³/mol. The van der Waals surface area contributed by atoms with E-state index in [0.29, 0.717) is 18.8 Å². The van der Waals surface area contributed by atoms with Crippen molar-refractivity contribution in [3.05, 3.63) is 35.4 Å². The molecule has 0 radical (unpaired) electrons. The molecule has 1 saturated carbocycles. The van der Waals surface area contributed by atoms with E-state index in [4.69, 9.17) is 0 Å². The maximum absolute atomic E-state index is 12.9. The van der Waals surface area contributed by atoms with Crippen LogP contribution in [0.2, 0.25) is 0 Å². The minimum atomic E-state index is -0.800. The number of hydrogen-bond donors (Lipinski definition) is 2. The van der Waals surface area contributed by atoms with Gasteiger partial charge in [-0.05, 0) is 43.2 Å². The summed E-state index contributed by atoms with van der Waals surface area (Å²) < 4.78 is 0. The molecule has 2 N–H and O–H groups in total. The zero-order valence-electron chi connectivity index (χ0n) is 17.8. The minimum absolute atomic E-state index is 0.191. The first-order valence-electron chi connectivity index (χ1n) is 10.8. The lowest BCUT2D eigenvalue weighted by Crippen LogP contribution is -2.47. The molecule has 1 heterocycles. The highest BCUT2D eigenvalue weighted by atomic mass is 16.2. The van der Waals surface area contributed by atoms with Gasteiger partial charge in [0.25, 0.3) is 5.91 Å². The molecule has 6 heteroatoms. The molecule has 0 aromatic heterocycles. The number of hydrogen-bond acceptors (Lipinski definition) is 3. The summed E-state index contributed by atoms with van der Waals surface area (Å²) in [5, 5.41) is 5.79. The number of imide groups is 1. The van der Waals surface area contributed by atoms with E-state index in [-0.39, 0.29) is 24.4 Å². The second-order valence-electron chi connectivity index (χ2n) is 8.95. The van der Waals surface area contributed by atoms with Gasteiger partial charge in [0.2, 0.25) is 5.91 Å². The maximum atomic E-state index is 12.9. The van der Waals surface area contributed by atoms with Gasteiger partial charge in [0.15, 0.2) is 0 Å². The van der Waals surface area contributed by atoms with Gasteiger partial charge in [0.1, 0.15) is 12.1 Å². The Hall–Kier alpha value is -2.37. The van der Waals surface area contributed by atoms with E-state index >= 15 is 0 Å². The van der Waals surface area contributed by atoms with Gasteiger partial charge < -0.3 is 10.6 Å². The average Bonchev–Trinajstić information content (AvgIpc) is 2.83. The summed E-state index contributed by atoms with van der Waals surface area (Å²) >= 11 is 0. The average molecular weight is 400 g/mol. The van der Waals surface area contributed by atoms with Crippen molar-refractivity contribution in [3.8, 4) is 0 Å². The Labute approximate surface area is 173 Å².